The standard InChI is InChI=1S/C27H40N2O2/c30-27(22-7-2-1-3-8-22)29(20-26-11-6-16-31-26)19-21-12-14-28(15-13-21)25-17-23-9-4-5-10-24(23)18-25/h4-5,9-10,21-22,25-26H,1-3,6-8,11-20H2/t26-/m1/s1. The molecule has 1 saturated carbocycles. The van der Waals surface area contributed by atoms with Crippen molar-refractivity contribution in [2.75, 3.05) is 32.8 Å². The Morgan fingerprint density at radius 2 is 1.61 bits per heavy atom. The molecular weight excluding hydrogens is 384 g/mol. The van der Waals surface area contributed by atoms with E-state index in [0.717, 1.165) is 45.4 Å². The van der Waals surface area contributed by atoms with Gasteiger partial charge in [0.15, 0.2) is 0 Å². The van der Waals surface area contributed by atoms with E-state index in [0.29, 0.717) is 17.9 Å². The molecule has 5 rings (SSSR count). The lowest BCUT2D eigenvalue weighted by atomic mass is 9.87. The summed E-state index contributed by atoms with van der Waals surface area (Å²) in [5, 5.41) is 0. The topological polar surface area (TPSA) is 32.8 Å². The first-order valence-electron chi connectivity index (χ1n) is 13.0. The molecule has 1 aromatic carbocycles. The summed E-state index contributed by atoms with van der Waals surface area (Å²) in [6.07, 6.45) is 13.4. The number of fused-ring (bicyclic) bond motifs is 1. The zero-order valence-corrected chi connectivity index (χ0v) is 19.1. The van der Waals surface area contributed by atoms with Crippen molar-refractivity contribution < 1.29 is 9.53 Å². The van der Waals surface area contributed by atoms with Crippen LogP contribution in [0.15, 0.2) is 24.3 Å². The fourth-order valence-electron chi connectivity index (χ4n) is 6.50. The summed E-state index contributed by atoms with van der Waals surface area (Å²) < 4.78 is 5.92. The molecule has 2 saturated heterocycles. The first-order chi connectivity index (χ1) is 15.3. The molecule has 0 spiro atoms. The molecule has 4 heteroatoms. The highest BCUT2D eigenvalue weighted by atomic mass is 16.5. The van der Waals surface area contributed by atoms with Crippen molar-refractivity contribution in [3.8, 4) is 0 Å². The van der Waals surface area contributed by atoms with Crippen LogP contribution in [0.4, 0.5) is 0 Å². The SMILES string of the molecule is O=C(C1CCCCC1)N(CC1CCN(C2Cc3ccccc3C2)CC1)C[C@H]1CCCO1. The second-order valence-electron chi connectivity index (χ2n) is 10.5. The van der Waals surface area contributed by atoms with Gasteiger partial charge >= 0.3 is 0 Å². The van der Waals surface area contributed by atoms with Gasteiger partial charge in [-0.25, -0.2) is 0 Å². The minimum Gasteiger partial charge on any atom is -0.376 e. The molecule has 1 aromatic rings. The molecule has 1 amide bonds. The van der Waals surface area contributed by atoms with Gasteiger partial charge in [-0.1, -0.05) is 43.5 Å². The number of benzene rings is 1. The van der Waals surface area contributed by atoms with Gasteiger partial charge in [0.2, 0.25) is 5.91 Å². The Morgan fingerprint density at radius 3 is 2.26 bits per heavy atom. The van der Waals surface area contributed by atoms with Crippen molar-refractivity contribution in [3.05, 3.63) is 35.4 Å². The monoisotopic (exact) mass is 424 g/mol. The molecule has 170 valence electrons. The molecular formula is C27H40N2O2. The maximum Gasteiger partial charge on any atom is 0.225 e. The summed E-state index contributed by atoms with van der Waals surface area (Å²) in [6, 6.07) is 9.66. The molecule has 2 heterocycles. The normalized spacial score (nSPS) is 26.3. The number of nitrogens with zero attached hydrogens (tertiary/aromatic N) is 2. The summed E-state index contributed by atoms with van der Waals surface area (Å²) in [7, 11) is 0. The first kappa shape index (κ1) is 21.5. The second kappa shape index (κ2) is 10.0. The van der Waals surface area contributed by atoms with Gasteiger partial charge in [-0.2, -0.15) is 0 Å². The third-order valence-corrected chi connectivity index (χ3v) is 8.39. The van der Waals surface area contributed by atoms with Crippen LogP contribution in [-0.2, 0) is 22.4 Å². The zero-order chi connectivity index (χ0) is 21.0. The number of amides is 1. The lowest BCUT2D eigenvalue weighted by Crippen LogP contribution is -2.47. The molecule has 4 aliphatic rings. The molecule has 4 nitrogen and oxygen atoms in total. The van der Waals surface area contributed by atoms with Gasteiger partial charge in [-0.05, 0) is 81.5 Å². The van der Waals surface area contributed by atoms with Crippen LogP contribution in [0.2, 0.25) is 0 Å². The van der Waals surface area contributed by atoms with Crippen molar-refractivity contribution in [2.45, 2.75) is 82.8 Å². The van der Waals surface area contributed by atoms with Crippen LogP contribution in [0.5, 0.6) is 0 Å². The third-order valence-electron chi connectivity index (χ3n) is 8.39. The molecule has 3 fully saturated rings. The van der Waals surface area contributed by atoms with Crippen molar-refractivity contribution in [3.63, 3.8) is 0 Å². The number of rotatable bonds is 6. The average molecular weight is 425 g/mol. The summed E-state index contributed by atoms with van der Waals surface area (Å²) in [5.74, 6) is 1.35. The van der Waals surface area contributed by atoms with E-state index in [2.05, 4.69) is 34.1 Å². The van der Waals surface area contributed by atoms with Crippen molar-refractivity contribution >= 4 is 5.91 Å². The number of piperidine rings is 1. The number of hydrogen-bond acceptors (Lipinski definition) is 3. The van der Waals surface area contributed by atoms with Gasteiger partial charge in [0.25, 0.3) is 0 Å². The van der Waals surface area contributed by atoms with E-state index < -0.39 is 0 Å². The molecule has 0 radical (unpaired) electrons. The largest absolute Gasteiger partial charge is 0.376 e. The minimum atomic E-state index is 0.268. The molecule has 1 atom stereocenters. The number of hydrogen-bond donors (Lipinski definition) is 0. The summed E-state index contributed by atoms with van der Waals surface area (Å²) in [5.41, 5.74) is 3.10. The van der Waals surface area contributed by atoms with Gasteiger partial charge in [0.05, 0.1) is 6.10 Å². The lowest BCUT2D eigenvalue weighted by Gasteiger charge is -2.39. The molecule has 31 heavy (non-hydrogen) atoms. The van der Waals surface area contributed by atoms with E-state index in [1.54, 1.807) is 11.1 Å². The predicted molar refractivity (Wildman–Crippen MR) is 124 cm³/mol. The highest BCUT2D eigenvalue weighted by Gasteiger charge is 2.33. The van der Waals surface area contributed by atoms with Crippen molar-refractivity contribution in [1.29, 1.82) is 0 Å². The molecule has 2 aliphatic heterocycles. The van der Waals surface area contributed by atoms with E-state index in [-0.39, 0.29) is 12.0 Å². The van der Waals surface area contributed by atoms with Gasteiger partial charge < -0.3 is 9.64 Å². The summed E-state index contributed by atoms with van der Waals surface area (Å²) >= 11 is 0. The molecule has 0 N–H and O–H groups in total. The van der Waals surface area contributed by atoms with E-state index >= 15 is 0 Å². The zero-order valence-electron chi connectivity index (χ0n) is 19.1. The lowest BCUT2D eigenvalue weighted by molar-refractivity contribution is -0.139. The van der Waals surface area contributed by atoms with Gasteiger partial charge in [0, 0.05) is 31.7 Å². The van der Waals surface area contributed by atoms with Crippen LogP contribution < -0.4 is 0 Å². The van der Waals surface area contributed by atoms with E-state index in [9.17, 15) is 4.79 Å². The minimum absolute atomic E-state index is 0.268. The van der Waals surface area contributed by atoms with Crippen LogP contribution in [0.3, 0.4) is 0 Å². The van der Waals surface area contributed by atoms with Crippen LogP contribution in [0.25, 0.3) is 0 Å². The summed E-state index contributed by atoms with van der Waals surface area (Å²) in [4.78, 5) is 18.4. The number of carbonyl (C=O) groups excluding carboxylic acids is 1. The number of ether oxygens (including phenoxy) is 1. The van der Waals surface area contributed by atoms with E-state index in [1.807, 2.05) is 0 Å². The maximum absolute atomic E-state index is 13.4. The fraction of sp³-hybridized carbons (Fsp3) is 0.741. The fourth-order valence-corrected chi connectivity index (χ4v) is 6.50. The van der Waals surface area contributed by atoms with Crippen molar-refractivity contribution in [1.82, 2.24) is 9.80 Å². The Hall–Kier alpha value is -1.39. The van der Waals surface area contributed by atoms with Gasteiger partial charge in [-0.15, -0.1) is 0 Å². The van der Waals surface area contributed by atoms with Crippen LogP contribution >= 0.6 is 0 Å². The quantitative estimate of drug-likeness (QED) is 0.676. The maximum atomic E-state index is 13.4. The highest BCUT2D eigenvalue weighted by Crippen LogP contribution is 2.31. The highest BCUT2D eigenvalue weighted by molar-refractivity contribution is 5.79. The van der Waals surface area contributed by atoms with Crippen molar-refractivity contribution in [2.24, 2.45) is 11.8 Å². The third kappa shape index (κ3) is 5.17. The van der Waals surface area contributed by atoms with E-state index in [4.69, 9.17) is 4.74 Å². The van der Waals surface area contributed by atoms with Crippen LogP contribution in [0, 0.1) is 11.8 Å². The smallest absolute Gasteiger partial charge is 0.225 e. The number of carbonyl (C=O) groups is 1. The first-order valence-corrected chi connectivity index (χ1v) is 13.0. The van der Waals surface area contributed by atoms with Crippen LogP contribution in [-0.4, -0.2) is 60.6 Å². The molecule has 0 unspecified atom stereocenters. The molecule has 0 bridgehead atoms. The Labute approximate surface area is 188 Å². The molecule has 2 aliphatic carbocycles. The Bertz CT molecular complexity index is 706. The Balaban J connectivity index is 1.15. The van der Waals surface area contributed by atoms with Crippen LogP contribution in [0.1, 0.15) is 68.9 Å². The van der Waals surface area contributed by atoms with Gasteiger partial charge in [0.1, 0.15) is 0 Å². The average Bonchev–Trinajstić information content (AvgIpc) is 3.49. The van der Waals surface area contributed by atoms with E-state index in [1.165, 1.54) is 58.0 Å². The van der Waals surface area contributed by atoms with Gasteiger partial charge in [-0.3, -0.25) is 9.69 Å². The number of likely N-dealkylation sites (tertiary alicyclic amines) is 1. The Morgan fingerprint density at radius 1 is 0.903 bits per heavy atom. The second-order valence-corrected chi connectivity index (χ2v) is 10.5. The predicted octanol–water partition coefficient (Wildman–Crippen LogP) is 4.45. The molecule has 0 aromatic heterocycles. The summed E-state index contributed by atoms with van der Waals surface area (Å²) in [6.45, 7) is 5.03. The Kier molecular flexibility index (Phi) is 6.95.